The number of likely N-dealkylation sites (tertiary alicyclic amines) is 1. The van der Waals surface area contributed by atoms with E-state index in [9.17, 15) is 4.79 Å². The van der Waals surface area contributed by atoms with Crippen LogP contribution in [0.25, 0.3) is 11.5 Å². The van der Waals surface area contributed by atoms with E-state index in [2.05, 4.69) is 27.3 Å². The van der Waals surface area contributed by atoms with Crippen molar-refractivity contribution < 1.29 is 14.1 Å². The summed E-state index contributed by atoms with van der Waals surface area (Å²) < 4.78 is 12.3. The molecule has 2 saturated heterocycles. The molecular formula is C28H37ClN6O3. The summed E-state index contributed by atoms with van der Waals surface area (Å²) in [6.07, 6.45) is 10.7. The van der Waals surface area contributed by atoms with Gasteiger partial charge in [-0.1, -0.05) is 23.2 Å². The quantitative estimate of drug-likeness (QED) is 0.605. The molecule has 0 radical (unpaired) electrons. The van der Waals surface area contributed by atoms with Gasteiger partial charge in [-0.25, -0.2) is 4.98 Å². The topological polar surface area (TPSA) is 96.6 Å². The molecule has 2 aromatic rings. The first-order valence-corrected chi connectivity index (χ1v) is 14.8. The third-order valence-electron chi connectivity index (χ3n) is 9.67. The average molecular weight is 541 g/mol. The number of carbonyl (C=O) groups excluding carboxylic acids is 1. The third-order valence-corrected chi connectivity index (χ3v) is 10.0. The van der Waals surface area contributed by atoms with Crippen LogP contribution in [0.1, 0.15) is 75.5 Å². The first kappa shape index (κ1) is 24.8. The summed E-state index contributed by atoms with van der Waals surface area (Å²) in [6.45, 7) is 4.19. The second kappa shape index (κ2) is 9.45. The molecule has 0 unspecified atom stereocenters. The molecule has 4 heterocycles. The monoisotopic (exact) mass is 540 g/mol. The van der Waals surface area contributed by atoms with E-state index < -0.39 is 5.41 Å². The van der Waals surface area contributed by atoms with Gasteiger partial charge in [0, 0.05) is 43.2 Å². The van der Waals surface area contributed by atoms with Gasteiger partial charge in [0.15, 0.2) is 23.1 Å². The maximum absolute atomic E-state index is 13.2. The molecule has 0 bridgehead atoms. The molecule has 2 saturated carbocycles. The Bertz CT molecular complexity index is 1250. The number of halogens is 1. The minimum Gasteiger partial charge on any atom is -0.475 e. The fraction of sp³-hybridized carbons (Fsp3) is 0.714. The Morgan fingerprint density at radius 2 is 1.97 bits per heavy atom. The number of aromatic nitrogens is 3. The molecule has 0 amide bonds. The normalized spacial score (nSPS) is 28.7. The van der Waals surface area contributed by atoms with Crippen molar-refractivity contribution in [2.75, 3.05) is 44.7 Å². The van der Waals surface area contributed by atoms with Crippen LogP contribution in [-0.2, 0) is 16.6 Å². The number of Topliss-reactive ketones (excluding diaryl/α,β-unsaturated/α-hetero) is 1. The lowest BCUT2D eigenvalue weighted by molar-refractivity contribution is -0.128. The molecule has 2 aliphatic heterocycles. The van der Waals surface area contributed by atoms with Crippen LogP contribution in [0.4, 0.5) is 5.82 Å². The van der Waals surface area contributed by atoms with Gasteiger partial charge in [-0.15, -0.1) is 0 Å². The number of fused-ring (bicyclic) bond motifs is 2. The summed E-state index contributed by atoms with van der Waals surface area (Å²) in [6, 6.07) is 0.346. The maximum atomic E-state index is 13.2. The van der Waals surface area contributed by atoms with E-state index in [1.165, 1.54) is 19.3 Å². The minimum atomic E-state index is -0.532. The molecule has 10 heteroatoms. The summed E-state index contributed by atoms with van der Waals surface area (Å²) in [5.41, 5.74) is 1.26. The van der Waals surface area contributed by atoms with Gasteiger partial charge < -0.3 is 24.4 Å². The lowest BCUT2D eigenvalue weighted by Crippen LogP contribution is -2.53. The van der Waals surface area contributed by atoms with Gasteiger partial charge in [0.25, 0.3) is 0 Å². The molecule has 1 N–H and O–H groups in total. The fourth-order valence-corrected chi connectivity index (χ4v) is 7.44. The third kappa shape index (κ3) is 4.12. The summed E-state index contributed by atoms with van der Waals surface area (Å²) in [5.74, 6) is 2.64. The molecule has 4 fully saturated rings. The number of hydrogen-bond acceptors (Lipinski definition) is 9. The van der Waals surface area contributed by atoms with Gasteiger partial charge >= 0.3 is 0 Å². The van der Waals surface area contributed by atoms with E-state index >= 15 is 0 Å². The average Bonchev–Trinajstić information content (AvgIpc) is 3.31. The number of piperazine rings is 1. The largest absolute Gasteiger partial charge is 0.475 e. The highest BCUT2D eigenvalue weighted by molar-refractivity contribution is 6.34. The van der Waals surface area contributed by atoms with Crippen molar-refractivity contribution in [1.29, 1.82) is 0 Å². The Morgan fingerprint density at radius 1 is 1.11 bits per heavy atom. The van der Waals surface area contributed by atoms with Crippen LogP contribution < -0.4 is 15.0 Å². The van der Waals surface area contributed by atoms with Crippen molar-refractivity contribution >= 4 is 23.2 Å². The van der Waals surface area contributed by atoms with Gasteiger partial charge in [-0.3, -0.25) is 4.79 Å². The number of nitrogens with zero attached hydrogens (tertiary/aromatic N) is 5. The van der Waals surface area contributed by atoms with Crippen LogP contribution in [0.3, 0.4) is 0 Å². The Labute approximate surface area is 228 Å². The predicted molar refractivity (Wildman–Crippen MR) is 144 cm³/mol. The Kier molecular flexibility index (Phi) is 6.17. The van der Waals surface area contributed by atoms with Crippen LogP contribution in [0.15, 0.2) is 4.52 Å². The Hall–Kier alpha value is -2.23. The number of ether oxygens (including phenoxy) is 1. The van der Waals surface area contributed by atoms with E-state index in [1.54, 1.807) is 0 Å². The zero-order valence-corrected chi connectivity index (χ0v) is 23.0. The van der Waals surface area contributed by atoms with Gasteiger partial charge in [0.05, 0.1) is 5.41 Å². The van der Waals surface area contributed by atoms with E-state index in [4.69, 9.17) is 30.8 Å². The van der Waals surface area contributed by atoms with Gasteiger partial charge in [-0.05, 0) is 71.4 Å². The summed E-state index contributed by atoms with van der Waals surface area (Å²) in [4.78, 5) is 27.6. The lowest BCUT2D eigenvalue weighted by Gasteiger charge is -2.36. The molecule has 9 nitrogen and oxygen atoms in total. The second-order valence-corrected chi connectivity index (χ2v) is 12.5. The number of rotatable bonds is 5. The smallest absolute Gasteiger partial charge is 0.238 e. The molecule has 0 aromatic carbocycles. The van der Waals surface area contributed by atoms with Crippen molar-refractivity contribution in [2.24, 2.45) is 0 Å². The lowest BCUT2D eigenvalue weighted by atomic mass is 9.64. The number of hydrogen-bond donors (Lipinski definition) is 1. The fourth-order valence-electron chi connectivity index (χ4n) is 7.18. The Morgan fingerprint density at radius 3 is 2.76 bits per heavy atom. The zero-order valence-electron chi connectivity index (χ0n) is 22.2. The summed E-state index contributed by atoms with van der Waals surface area (Å²) in [7, 11) is 2.14. The van der Waals surface area contributed by atoms with Crippen molar-refractivity contribution in [1.82, 2.24) is 25.3 Å². The minimum absolute atomic E-state index is 0.168. The highest BCUT2D eigenvalue weighted by Crippen LogP contribution is 2.48. The van der Waals surface area contributed by atoms with E-state index in [-0.39, 0.29) is 5.54 Å². The molecule has 5 aliphatic rings. The molecule has 204 valence electrons. The first-order chi connectivity index (χ1) is 18.5. The number of ketones is 1. The SMILES string of the molecule is CN1CCC[C@H]1COc1nc(-c2noc3c2CCC[C@@]32CCCCC2=O)nc(N2CCNC3(CC3)C2)c1Cl. The van der Waals surface area contributed by atoms with E-state index in [0.717, 1.165) is 82.4 Å². The van der Waals surface area contributed by atoms with Crippen LogP contribution in [0.2, 0.25) is 5.02 Å². The van der Waals surface area contributed by atoms with E-state index in [1.807, 2.05) is 0 Å². The van der Waals surface area contributed by atoms with Crippen LogP contribution in [-0.4, -0.2) is 77.2 Å². The molecule has 7 rings (SSSR count). The predicted octanol–water partition coefficient (Wildman–Crippen LogP) is 3.92. The number of anilines is 1. The van der Waals surface area contributed by atoms with Crippen molar-refractivity contribution in [3.05, 3.63) is 16.3 Å². The molecule has 3 aliphatic carbocycles. The molecule has 38 heavy (non-hydrogen) atoms. The number of nitrogens with one attached hydrogen (secondary N) is 1. The van der Waals surface area contributed by atoms with Crippen molar-refractivity contribution in [3.8, 4) is 17.4 Å². The second-order valence-electron chi connectivity index (χ2n) is 12.1. The number of likely N-dealkylation sites (N-methyl/N-ethyl adjacent to an activating group) is 1. The number of carbonyl (C=O) groups is 1. The summed E-state index contributed by atoms with van der Waals surface area (Å²) in [5, 5.41) is 8.64. The van der Waals surface area contributed by atoms with Crippen molar-refractivity contribution in [2.45, 2.75) is 87.6 Å². The van der Waals surface area contributed by atoms with Crippen LogP contribution >= 0.6 is 11.6 Å². The Balaban J connectivity index is 1.28. The van der Waals surface area contributed by atoms with Crippen molar-refractivity contribution in [3.63, 3.8) is 0 Å². The molecule has 2 spiro atoms. The molecule has 2 aromatic heterocycles. The van der Waals surface area contributed by atoms with Gasteiger partial charge in [0.2, 0.25) is 5.88 Å². The summed E-state index contributed by atoms with van der Waals surface area (Å²) >= 11 is 6.98. The maximum Gasteiger partial charge on any atom is 0.238 e. The molecule has 2 atom stereocenters. The molecular weight excluding hydrogens is 504 g/mol. The zero-order chi connectivity index (χ0) is 25.9. The first-order valence-electron chi connectivity index (χ1n) is 14.4. The standard InChI is InChI=1S/C28H37ClN6O3/c1-34-14-5-6-18(34)16-37-26-21(29)25(35-15-13-30-27(17-35)11-12-27)31-24(32-26)22-19-7-4-10-28(23(19)38-33-22)9-3-2-8-20(28)36/h18,30H,2-17H2,1H3/t18-,28+/m0/s1. The van der Waals surface area contributed by atoms with Crippen LogP contribution in [0, 0.1) is 0 Å². The highest BCUT2D eigenvalue weighted by Gasteiger charge is 2.49. The van der Waals surface area contributed by atoms with Gasteiger partial charge in [-0.2, -0.15) is 4.98 Å². The van der Waals surface area contributed by atoms with Crippen LogP contribution in [0.5, 0.6) is 5.88 Å². The highest BCUT2D eigenvalue weighted by atomic mass is 35.5. The van der Waals surface area contributed by atoms with Gasteiger partial charge in [0.1, 0.15) is 17.4 Å². The van der Waals surface area contributed by atoms with E-state index in [0.29, 0.717) is 53.1 Å².